The second-order valence-electron chi connectivity index (χ2n) is 2.32. The fraction of sp³-hybridized carbons (Fsp3) is 0.857. The molecule has 1 unspecified atom stereocenters. The van der Waals surface area contributed by atoms with E-state index in [2.05, 4.69) is 5.32 Å². The van der Waals surface area contributed by atoms with Crippen molar-refractivity contribution in [1.82, 2.24) is 5.32 Å². The molecule has 3 nitrogen and oxygen atoms in total. The summed E-state index contributed by atoms with van der Waals surface area (Å²) in [5.74, 6) is 1.94. The van der Waals surface area contributed by atoms with Crippen molar-refractivity contribution in [3.05, 3.63) is 0 Å². The van der Waals surface area contributed by atoms with Crippen molar-refractivity contribution >= 4 is 17.5 Å². The minimum Gasteiger partial charge on any atom is -0.330 e. The van der Waals surface area contributed by atoms with Gasteiger partial charge in [0.1, 0.15) is 5.78 Å². The highest BCUT2D eigenvalue weighted by molar-refractivity contribution is 7.99. The summed E-state index contributed by atoms with van der Waals surface area (Å²) in [6, 6.07) is -0.00782. The first kappa shape index (κ1) is 10.9. The van der Waals surface area contributed by atoms with Gasteiger partial charge in [0.15, 0.2) is 0 Å². The number of Topliss-reactive ketones (excluding diaryl/α,β-unsaturated/α-hetero) is 1. The Labute approximate surface area is 72.1 Å². The van der Waals surface area contributed by atoms with Crippen molar-refractivity contribution in [2.24, 2.45) is 5.73 Å². The van der Waals surface area contributed by atoms with Crippen molar-refractivity contribution in [2.75, 3.05) is 25.1 Å². The number of nitrogens with two attached hydrogens (primary N) is 1. The number of rotatable bonds is 6. The van der Waals surface area contributed by atoms with Crippen molar-refractivity contribution in [1.29, 1.82) is 0 Å². The molecular weight excluding hydrogens is 160 g/mol. The summed E-state index contributed by atoms with van der Waals surface area (Å²) in [6.45, 7) is 2.28. The van der Waals surface area contributed by atoms with Crippen LogP contribution in [0.15, 0.2) is 0 Å². The maximum atomic E-state index is 10.9. The Bertz CT molecular complexity index is 119. The van der Waals surface area contributed by atoms with E-state index in [4.69, 9.17) is 5.73 Å². The molecule has 0 aromatic heterocycles. The third-order valence-corrected chi connectivity index (χ3v) is 2.48. The second kappa shape index (κ2) is 6.64. The van der Waals surface area contributed by atoms with Gasteiger partial charge in [0.2, 0.25) is 0 Å². The average molecular weight is 176 g/mol. The first-order valence-electron chi connectivity index (χ1n) is 3.68. The quantitative estimate of drug-likeness (QED) is 0.553. The largest absolute Gasteiger partial charge is 0.330 e. The molecule has 0 aromatic carbocycles. The van der Waals surface area contributed by atoms with Crippen molar-refractivity contribution in [3.8, 4) is 0 Å². The maximum Gasteiger partial charge on any atom is 0.147 e. The number of carbonyl (C=O) groups excluding carboxylic acids is 1. The zero-order valence-electron chi connectivity index (χ0n) is 7.09. The Morgan fingerprint density at radius 1 is 1.73 bits per heavy atom. The minimum atomic E-state index is -0.00782. The molecule has 1 atom stereocenters. The molecule has 0 spiro atoms. The molecule has 0 amide bonds. The lowest BCUT2D eigenvalue weighted by Crippen LogP contribution is -2.34. The van der Waals surface area contributed by atoms with Crippen LogP contribution in [-0.2, 0) is 4.79 Å². The number of likely N-dealkylation sites (N-methyl/N-ethyl adjacent to an activating group) is 1. The fourth-order valence-corrected chi connectivity index (χ4v) is 1.66. The van der Waals surface area contributed by atoms with Gasteiger partial charge in [-0.2, -0.15) is 11.8 Å². The van der Waals surface area contributed by atoms with Crippen molar-refractivity contribution in [2.45, 2.75) is 13.0 Å². The van der Waals surface area contributed by atoms with E-state index in [9.17, 15) is 4.79 Å². The molecule has 0 saturated carbocycles. The standard InChI is InChI=1S/C7H16N2OS/c1-6(10)7(9-2)5-11-4-3-8/h7,9H,3-5,8H2,1-2H3. The molecule has 0 radical (unpaired) electrons. The van der Waals surface area contributed by atoms with E-state index in [1.54, 1.807) is 25.7 Å². The summed E-state index contributed by atoms with van der Waals surface area (Å²) in [6.07, 6.45) is 0. The van der Waals surface area contributed by atoms with Crippen LogP contribution < -0.4 is 11.1 Å². The highest BCUT2D eigenvalue weighted by Gasteiger charge is 2.09. The van der Waals surface area contributed by atoms with E-state index in [1.165, 1.54) is 0 Å². The lowest BCUT2D eigenvalue weighted by Gasteiger charge is -2.10. The highest BCUT2D eigenvalue weighted by Crippen LogP contribution is 2.01. The third kappa shape index (κ3) is 5.24. The zero-order valence-corrected chi connectivity index (χ0v) is 7.91. The van der Waals surface area contributed by atoms with Crippen LogP contribution in [0.25, 0.3) is 0 Å². The van der Waals surface area contributed by atoms with E-state index in [-0.39, 0.29) is 11.8 Å². The molecule has 0 rings (SSSR count). The predicted octanol–water partition coefficient (Wildman–Crippen LogP) is -0.145. The van der Waals surface area contributed by atoms with Gasteiger partial charge >= 0.3 is 0 Å². The van der Waals surface area contributed by atoms with E-state index < -0.39 is 0 Å². The van der Waals surface area contributed by atoms with E-state index in [1.807, 2.05) is 0 Å². The zero-order chi connectivity index (χ0) is 8.69. The highest BCUT2D eigenvalue weighted by atomic mass is 32.2. The molecule has 0 aliphatic rings. The van der Waals surface area contributed by atoms with Crippen molar-refractivity contribution in [3.63, 3.8) is 0 Å². The molecule has 11 heavy (non-hydrogen) atoms. The summed E-state index contributed by atoms with van der Waals surface area (Å²) >= 11 is 1.71. The molecule has 0 bridgehead atoms. The number of hydrogen-bond donors (Lipinski definition) is 2. The van der Waals surface area contributed by atoms with Crippen LogP contribution in [0.5, 0.6) is 0 Å². The Hall–Kier alpha value is -0.0600. The monoisotopic (exact) mass is 176 g/mol. The molecule has 0 aliphatic heterocycles. The normalized spacial score (nSPS) is 13.0. The Morgan fingerprint density at radius 3 is 2.73 bits per heavy atom. The maximum absolute atomic E-state index is 10.9. The summed E-state index contributed by atoms with van der Waals surface area (Å²) in [5, 5.41) is 2.95. The third-order valence-electron chi connectivity index (χ3n) is 1.39. The summed E-state index contributed by atoms with van der Waals surface area (Å²) in [5.41, 5.74) is 5.31. The Kier molecular flexibility index (Phi) is 6.60. The van der Waals surface area contributed by atoms with Gasteiger partial charge in [-0.3, -0.25) is 4.79 Å². The average Bonchev–Trinajstić information content (AvgIpc) is 1.97. The fourth-order valence-electron chi connectivity index (χ4n) is 0.688. The van der Waals surface area contributed by atoms with Gasteiger partial charge in [-0.15, -0.1) is 0 Å². The molecule has 0 aromatic rings. The van der Waals surface area contributed by atoms with Gasteiger partial charge in [-0.1, -0.05) is 0 Å². The van der Waals surface area contributed by atoms with Crippen molar-refractivity contribution < 1.29 is 4.79 Å². The van der Waals surface area contributed by atoms with Gasteiger partial charge in [0, 0.05) is 18.1 Å². The van der Waals surface area contributed by atoms with Gasteiger partial charge in [-0.05, 0) is 14.0 Å². The summed E-state index contributed by atoms with van der Waals surface area (Å²) in [7, 11) is 1.80. The molecule has 4 heteroatoms. The van der Waals surface area contributed by atoms with Gasteiger partial charge in [0.25, 0.3) is 0 Å². The summed E-state index contributed by atoms with van der Waals surface area (Å²) < 4.78 is 0. The first-order valence-corrected chi connectivity index (χ1v) is 4.83. The van der Waals surface area contributed by atoms with E-state index >= 15 is 0 Å². The van der Waals surface area contributed by atoms with Crippen LogP contribution in [-0.4, -0.2) is 36.9 Å². The second-order valence-corrected chi connectivity index (χ2v) is 3.47. The minimum absolute atomic E-state index is 0.00782. The Balaban J connectivity index is 3.44. The smallest absolute Gasteiger partial charge is 0.147 e. The molecule has 0 heterocycles. The Morgan fingerprint density at radius 2 is 2.36 bits per heavy atom. The topological polar surface area (TPSA) is 55.1 Å². The van der Waals surface area contributed by atoms with Gasteiger partial charge in [-0.25, -0.2) is 0 Å². The molecule has 0 saturated heterocycles. The number of nitrogens with one attached hydrogen (secondary N) is 1. The molecule has 66 valence electrons. The van der Waals surface area contributed by atoms with Gasteiger partial charge in [0.05, 0.1) is 6.04 Å². The first-order chi connectivity index (χ1) is 5.22. The van der Waals surface area contributed by atoms with Crippen LogP contribution in [0.3, 0.4) is 0 Å². The SMILES string of the molecule is CNC(CSCCN)C(C)=O. The molecular formula is C7H16N2OS. The summed E-state index contributed by atoms with van der Waals surface area (Å²) in [4.78, 5) is 10.9. The van der Waals surface area contributed by atoms with Gasteiger partial charge < -0.3 is 11.1 Å². The number of ketones is 1. The number of hydrogen-bond acceptors (Lipinski definition) is 4. The number of thioether (sulfide) groups is 1. The van der Waals surface area contributed by atoms with Crippen LogP contribution in [0.1, 0.15) is 6.92 Å². The van der Waals surface area contributed by atoms with Crippen LogP contribution in [0, 0.1) is 0 Å². The lowest BCUT2D eigenvalue weighted by molar-refractivity contribution is -0.118. The van der Waals surface area contributed by atoms with E-state index in [0.29, 0.717) is 6.54 Å². The lowest BCUT2D eigenvalue weighted by atomic mass is 10.2. The van der Waals surface area contributed by atoms with Crippen LogP contribution in [0.4, 0.5) is 0 Å². The van der Waals surface area contributed by atoms with Crippen LogP contribution >= 0.6 is 11.8 Å². The molecule has 0 fully saturated rings. The van der Waals surface area contributed by atoms with E-state index in [0.717, 1.165) is 11.5 Å². The predicted molar refractivity (Wildman–Crippen MR) is 49.9 cm³/mol. The van der Waals surface area contributed by atoms with Crippen LogP contribution in [0.2, 0.25) is 0 Å². The number of carbonyl (C=O) groups is 1. The molecule has 0 aliphatic carbocycles. The molecule has 3 N–H and O–H groups in total.